The van der Waals surface area contributed by atoms with Crippen LogP contribution < -0.4 is 5.32 Å². The predicted molar refractivity (Wildman–Crippen MR) is 51.8 cm³/mol. The fourth-order valence-corrected chi connectivity index (χ4v) is 1.67. The Balaban J connectivity index is 1.91. The molecule has 2 nitrogen and oxygen atoms in total. The normalized spacial score (nSPS) is 23.9. The van der Waals surface area contributed by atoms with Crippen LogP contribution in [0.15, 0.2) is 30.3 Å². The Morgan fingerprint density at radius 1 is 1.25 bits per heavy atom. The number of amides is 1. The van der Waals surface area contributed by atoms with Crippen LogP contribution in [-0.4, -0.2) is 18.1 Å². The molecule has 0 unspecified atom stereocenters. The third kappa shape index (κ3) is 2.35. The smallest absolute Gasteiger partial charge is 0.345 e. The Labute approximate surface area is 90.5 Å². The van der Waals surface area contributed by atoms with Crippen molar-refractivity contribution < 1.29 is 18.0 Å². The van der Waals surface area contributed by atoms with Gasteiger partial charge in [0, 0.05) is 12.0 Å². The predicted octanol–water partition coefficient (Wildman–Crippen LogP) is 2.22. The van der Waals surface area contributed by atoms with Gasteiger partial charge in [0.1, 0.15) is 0 Å². The molecular formula is C11H10F3NO. The quantitative estimate of drug-likeness (QED) is 0.827. The second-order valence-electron chi connectivity index (χ2n) is 3.83. The van der Waals surface area contributed by atoms with Gasteiger partial charge in [0.05, 0.1) is 0 Å². The molecule has 16 heavy (non-hydrogen) atoms. The molecule has 0 spiro atoms. The summed E-state index contributed by atoms with van der Waals surface area (Å²) >= 11 is 0. The molecule has 0 radical (unpaired) electrons. The number of rotatable bonds is 2. The van der Waals surface area contributed by atoms with E-state index in [4.69, 9.17) is 0 Å². The van der Waals surface area contributed by atoms with Crippen molar-refractivity contribution in [2.24, 2.45) is 0 Å². The summed E-state index contributed by atoms with van der Waals surface area (Å²) in [6.07, 6.45) is -4.21. The summed E-state index contributed by atoms with van der Waals surface area (Å²) in [5, 5.41) is 1.98. The summed E-state index contributed by atoms with van der Waals surface area (Å²) in [7, 11) is 0. The van der Waals surface area contributed by atoms with Crippen molar-refractivity contribution in [3.63, 3.8) is 0 Å². The number of hydrogen-bond donors (Lipinski definition) is 1. The third-order valence-corrected chi connectivity index (χ3v) is 2.59. The van der Waals surface area contributed by atoms with Crippen molar-refractivity contribution >= 4 is 5.91 Å². The van der Waals surface area contributed by atoms with E-state index < -0.39 is 12.1 Å². The van der Waals surface area contributed by atoms with Crippen LogP contribution in [0.1, 0.15) is 17.9 Å². The number of alkyl halides is 3. The Kier molecular flexibility index (Phi) is 2.61. The Hall–Kier alpha value is -1.52. The zero-order chi connectivity index (χ0) is 11.8. The van der Waals surface area contributed by atoms with Gasteiger partial charge in [-0.1, -0.05) is 30.3 Å². The van der Waals surface area contributed by atoms with E-state index in [-0.39, 0.29) is 12.0 Å². The van der Waals surface area contributed by atoms with E-state index in [0.717, 1.165) is 5.56 Å². The molecule has 2 atom stereocenters. The summed E-state index contributed by atoms with van der Waals surface area (Å²) in [6, 6.07) is 8.83. The second kappa shape index (κ2) is 3.81. The zero-order valence-electron chi connectivity index (χ0n) is 8.29. The minimum absolute atomic E-state index is 0.0208. The molecule has 0 aliphatic heterocycles. The average Bonchev–Trinajstić information content (AvgIpc) is 2.97. The second-order valence-corrected chi connectivity index (χ2v) is 3.83. The van der Waals surface area contributed by atoms with Crippen molar-refractivity contribution in [1.29, 1.82) is 0 Å². The van der Waals surface area contributed by atoms with Crippen molar-refractivity contribution in [2.75, 3.05) is 0 Å². The highest BCUT2D eigenvalue weighted by Crippen LogP contribution is 2.41. The highest BCUT2D eigenvalue weighted by Gasteiger charge is 2.46. The Morgan fingerprint density at radius 3 is 2.44 bits per heavy atom. The van der Waals surface area contributed by atoms with Crippen LogP contribution >= 0.6 is 0 Å². The molecule has 86 valence electrons. The largest absolute Gasteiger partial charge is 0.471 e. The number of carbonyl (C=O) groups is 1. The van der Waals surface area contributed by atoms with Crippen LogP contribution in [0.4, 0.5) is 13.2 Å². The first-order valence-electron chi connectivity index (χ1n) is 4.91. The summed E-state index contributed by atoms with van der Waals surface area (Å²) in [4.78, 5) is 10.7. The Morgan fingerprint density at radius 2 is 1.88 bits per heavy atom. The van der Waals surface area contributed by atoms with Gasteiger partial charge in [-0.2, -0.15) is 13.2 Å². The molecule has 1 fully saturated rings. The molecule has 1 N–H and O–H groups in total. The summed E-state index contributed by atoms with van der Waals surface area (Å²) in [5.41, 5.74) is 0.968. The minimum atomic E-state index is -4.79. The molecule has 0 bridgehead atoms. The zero-order valence-corrected chi connectivity index (χ0v) is 8.29. The molecule has 1 saturated carbocycles. The molecular weight excluding hydrogens is 219 g/mol. The van der Waals surface area contributed by atoms with Gasteiger partial charge in [-0.3, -0.25) is 4.79 Å². The van der Waals surface area contributed by atoms with Crippen LogP contribution in [0.2, 0.25) is 0 Å². The summed E-state index contributed by atoms with van der Waals surface area (Å²) in [5.74, 6) is -1.83. The van der Waals surface area contributed by atoms with E-state index in [9.17, 15) is 18.0 Å². The van der Waals surface area contributed by atoms with E-state index in [1.807, 2.05) is 35.6 Å². The highest BCUT2D eigenvalue weighted by molar-refractivity contribution is 5.82. The standard InChI is InChI=1S/C11H10F3NO/c12-11(13,14)10(16)15-9-6-8(9)7-4-2-1-3-5-7/h1-5,8-9H,6H2,(H,15,16)/t8-,9+/m1/s1. The van der Waals surface area contributed by atoms with Crippen LogP contribution in [0.3, 0.4) is 0 Å². The maximum Gasteiger partial charge on any atom is 0.471 e. The number of hydrogen-bond acceptors (Lipinski definition) is 1. The lowest BCUT2D eigenvalue weighted by Crippen LogP contribution is -2.38. The third-order valence-electron chi connectivity index (χ3n) is 2.59. The van der Waals surface area contributed by atoms with Gasteiger partial charge in [0.25, 0.3) is 0 Å². The molecule has 1 aromatic rings. The molecule has 0 heterocycles. The van der Waals surface area contributed by atoms with Gasteiger partial charge in [-0.15, -0.1) is 0 Å². The topological polar surface area (TPSA) is 29.1 Å². The number of halogens is 3. The highest BCUT2D eigenvalue weighted by atomic mass is 19.4. The Bertz CT molecular complexity index is 388. The fraction of sp³-hybridized carbons (Fsp3) is 0.364. The first-order valence-corrected chi connectivity index (χ1v) is 4.91. The SMILES string of the molecule is O=C(N[C@H]1C[C@@H]1c1ccccc1)C(F)(F)F. The van der Waals surface area contributed by atoms with Gasteiger partial charge < -0.3 is 5.32 Å². The number of carbonyl (C=O) groups excluding carboxylic acids is 1. The van der Waals surface area contributed by atoms with E-state index >= 15 is 0 Å². The van der Waals surface area contributed by atoms with Crippen LogP contribution in [0.25, 0.3) is 0 Å². The first-order chi connectivity index (χ1) is 7.48. The van der Waals surface area contributed by atoms with Crippen molar-refractivity contribution in [1.82, 2.24) is 5.32 Å². The monoisotopic (exact) mass is 229 g/mol. The average molecular weight is 229 g/mol. The van der Waals surface area contributed by atoms with Gasteiger partial charge in [0.2, 0.25) is 0 Å². The van der Waals surface area contributed by atoms with Crippen LogP contribution in [0.5, 0.6) is 0 Å². The van der Waals surface area contributed by atoms with Gasteiger partial charge >= 0.3 is 12.1 Å². The van der Waals surface area contributed by atoms with E-state index in [0.29, 0.717) is 6.42 Å². The lowest BCUT2D eigenvalue weighted by atomic mass is 10.1. The van der Waals surface area contributed by atoms with E-state index in [1.165, 1.54) is 0 Å². The fourth-order valence-electron chi connectivity index (χ4n) is 1.67. The molecule has 1 aliphatic rings. The van der Waals surface area contributed by atoms with Gasteiger partial charge in [-0.25, -0.2) is 0 Å². The van der Waals surface area contributed by atoms with Crippen LogP contribution in [-0.2, 0) is 4.79 Å². The molecule has 1 aromatic carbocycles. The van der Waals surface area contributed by atoms with E-state index in [1.54, 1.807) is 0 Å². The van der Waals surface area contributed by atoms with Gasteiger partial charge in [0.15, 0.2) is 0 Å². The molecule has 2 rings (SSSR count). The van der Waals surface area contributed by atoms with Crippen molar-refractivity contribution in [2.45, 2.75) is 24.6 Å². The lowest BCUT2D eigenvalue weighted by Gasteiger charge is -2.07. The van der Waals surface area contributed by atoms with E-state index in [2.05, 4.69) is 0 Å². The van der Waals surface area contributed by atoms with Gasteiger partial charge in [-0.05, 0) is 12.0 Å². The summed E-state index contributed by atoms with van der Waals surface area (Å²) in [6.45, 7) is 0. The lowest BCUT2D eigenvalue weighted by molar-refractivity contribution is -0.173. The van der Waals surface area contributed by atoms with Crippen molar-refractivity contribution in [3.8, 4) is 0 Å². The maximum absolute atomic E-state index is 12.0. The molecule has 1 amide bonds. The van der Waals surface area contributed by atoms with Crippen LogP contribution in [0, 0.1) is 0 Å². The van der Waals surface area contributed by atoms with Crippen molar-refractivity contribution in [3.05, 3.63) is 35.9 Å². The number of benzene rings is 1. The minimum Gasteiger partial charge on any atom is -0.345 e. The maximum atomic E-state index is 12.0. The first kappa shape index (κ1) is 11.0. The molecule has 1 aliphatic carbocycles. The summed E-state index contributed by atoms with van der Waals surface area (Å²) < 4.78 is 35.9. The molecule has 0 aromatic heterocycles. The molecule has 5 heteroatoms. The molecule has 0 saturated heterocycles. The number of nitrogens with one attached hydrogen (secondary N) is 1.